The lowest BCUT2D eigenvalue weighted by Crippen LogP contribution is -2.38. The molecule has 0 spiro atoms. The maximum Gasteiger partial charge on any atom is 0.333 e. The Morgan fingerprint density at radius 1 is 1.28 bits per heavy atom. The maximum atomic E-state index is 11.8. The Kier molecular flexibility index (Phi) is 3.46. The van der Waals surface area contributed by atoms with E-state index >= 15 is 0 Å². The van der Waals surface area contributed by atoms with Crippen LogP contribution in [0.1, 0.15) is 26.7 Å². The molecule has 0 aliphatic heterocycles. The van der Waals surface area contributed by atoms with Gasteiger partial charge in [-0.3, -0.25) is 4.79 Å². The topological polar surface area (TPSA) is 52.6 Å². The van der Waals surface area contributed by atoms with Gasteiger partial charge in [0.2, 0.25) is 0 Å². The highest BCUT2D eigenvalue weighted by Gasteiger charge is 2.55. The van der Waals surface area contributed by atoms with Crippen molar-refractivity contribution >= 4 is 11.9 Å². The van der Waals surface area contributed by atoms with Gasteiger partial charge in [-0.25, -0.2) is 4.79 Å². The molecule has 2 aliphatic carbocycles. The van der Waals surface area contributed by atoms with Crippen LogP contribution in [0.5, 0.6) is 0 Å². The fourth-order valence-electron chi connectivity index (χ4n) is 3.46. The smallest absolute Gasteiger partial charge is 0.333 e. The molecule has 0 aromatic heterocycles. The maximum absolute atomic E-state index is 11.8. The highest BCUT2D eigenvalue weighted by molar-refractivity contribution is 5.87. The van der Waals surface area contributed by atoms with E-state index in [0.29, 0.717) is 17.4 Å². The second-order valence-corrected chi connectivity index (χ2v) is 5.53. The minimum Gasteiger partial charge on any atom is -0.469 e. The minimum absolute atomic E-state index is 0.112. The average Bonchev–Trinajstić information content (AvgIpc) is 2.85. The summed E-state index contributed by atoms with van der Waals surface area (Å²) in [6, 6.07) is 0. The summed E-state index contributed by atoms with van der Waals surface area (Å²) in [6.45, 7) is 7.30. The summed E-state index contributed by atoms with van der Waals surface area (Å²) in [5.74, 6) is 0.233. The summed E-state index contributed by atoms with van der Waals surface area (Å²) in [5.41, 5.74) is 0.403. The number of hydrogen-bond acceptors (Lipinski definition) is 4. The van der Waals surface area contributed by atoms with Gasteiger partial charge in [-0.15, -0.1) is 0 Å². The molecule has 0 aromatic rings. The normalized spacial score (nSPS) is 37.4. The molecule has 0 N–H and O–H groups in total. The van der Waals surface area contributed by atoms with Crippen LogP contribution in [0.4, 0.5) is 0 Å². The van der Waals surface area contributed by atoms with Gasteiger partial charge in [0, 0.05) is 11.5 Å². The Labute approximate surface area is 107 Å². The molecular weight excluding hydrogens is 232 g/mol. The Bertz CT molecular complexity index is 387. The molecule has 100 valence electrons. The van der Waals surface area contributed by atoms with E-state index in [0.717, 1.165) is 12.8 Å². The van der Waals surface area contributed by atoms with E-state index in [2.05, 4.69) is 13.5 Å². The van der Waals surface area contributed by atoms with Crippen molar-refractivity contribution in [2.75, 3.05) is 7.11 Å². The van der Waals surface area contributed by atoms with E-state index in [-0.39, 0.29) is 29.9 Å². The van der Waals surface area contributed by atoms with E-state index in [1.165, 1.54) is 7.11 Å². The van der Waals surface area contributed by atoms with Crippen LogP contribution >= 0.6 is 0 Å². The monoisotopic (exact) mass is 252 g/mol. The second kappa shape index (κ2) is 4.75. The first-order valence-electron chi connectivity index (χ1n) is 6.40. The molecule has 2 rings (SSSR count). The molecule has 4 nitrogen and oxygen atoms in total. The van der Waals surface area contributed by atoms with Gasteiger partial charge < -0.3 is 9.47 Å². The molecule has 0 saturated heterocycles. The second-order valence-electron chi connectivity index (χ2n) is 5.53. The van der Waals surface area contributed by atoms with Crippen molar-refractivity contribution in [3.63, 3.8) is 0 Å². The van der Waals surface area contributed by atoms with Crippen molar-refractivity contribution in [1.29, 1.82) is 0 Å². The number of rotatable bonds is 3. The van der Waals surface area contributed by atoms with Gasteiger partial charge in [0.25, 0.3) is 0 Å². The standard InChI is InChI=1S/C14H20O4/c1-7(2)13(15)18-11-6-9-5-10(11)12(8(9)3)14(16)17-4/h8-12H,1,5-6H2,2-4H3. The Balaban J connectivity index is 2.08. The minimum atomic E-state index is -0.358. The van der Waals surface area contributed by atoms with E-state index < -0.39 is 0 Å². The van der Waals surface area contributed by atoms with Crippen LogP contribution < -0.4 is 0 Å². The zero-order chi connectivity index (χ0) is 13.4. The molecule has 0 heterocycles. The van der Waals surface area contributed by atoms with Crippen LogP contribution in [-0.2, 0) is 19.1 Å². The highest BCUT2D eigenvalue weighted by Crippen LogP contribution is 2.53. The molecule has 4 heteroatoms. The Hall–Kier alpha value is -1.32. The van der Waals surface area contributed by atoms with Crippen LogP contribution in [0.25, 0.3) is 0 Å². The van der Waals surface area contributed by atoms with Gasteiger partial charge in [0.1, 0.15) is 6.10 Å². The molecule has 0 amide bonds. The summed E-state index contributed by atoms with van der Waals surface area (Å²) in [7, 11) is 1.41. The quantitative estimate of drug-likeness (QED) is 0.569. The highest BCUT2D eigenvalue weighted by atomic mass is 16.5. The van der Waals surface area contributed by atoms with Gasteiger partial charge in [-0.05, 0) is 31.6 Å². The molecule has 0 aromatic carbocycles. The summed E-state index contributed by atoms with van der Waals surface area (Å²) in [6.07, 6.45) is 1.66. The van der Waals surface area contributed by atoms with Crippen LogP contribution in [0, 0.1) is 23.7 Å². The summed E-state index contributed by atoms with van der Waals surface area (Å²) < 4.78 is 10.3. The summed E-state index contributed by atoms with van der Waals surface area (Å²) in [5, 5.41) is 0. The lowest BCUT2D eigenvalue weighted by molar-refractivity contribution is -0.158. The van der Waals surface area contributed by atoms with E-state index in [1.54, 1.807) is 6.92 Å². The average molecular weight is 252 g/mol. The van der Waals surface area contributed by atoms with Crippen molar-refractivity contribution in [2.45, 2.75) is 32.8 Å². The molecule has 5 atom stereocenters. The Morgan fingerprint density at radius 2 is 1.94 bits per heavy atom. The SMILES string of the molecule is C=C(C)C(=O)OC1CC2CC1C(C(=O)OC)C2C. The first-order valence-corrected chi connectivity index (χ1v) is 6.40. The number of ether oxygens (including phenoxy) is 2. The zero-order valence-electron chi connectivity index (χ0n) is 11.1. The molecule has 0 radical (unpaired) electrons. The predicted molar refractivity (Wildman–Crippen MR) is 65.6 cm³/mol. The van der Waals surface area contributed by atoms with E-state index in [1.807, 2.05) is 0 Å². The van der Waals surface area contributed by atoms with Crippen molar-refractivity contribution in [1.82, 2.24) is 0 Å². The molecule has 2 bridgehead atoms. The third-order valence-electron chi connectivity index (χ3n) is 4.44. The number of carbonyl (C=O) groups is 2. The van der Waals surface area contributed by atoms with Crippen LogP contribution in [0.2, 0.25) is 0 Å². The summed E-state index contributed by atoms with van der Waals surface area (Å²) in [4.78, 5) is 23.4. The van der Waals surface area contributed by atoms with Crippen molar-refractivity contribution in [3.05, 3.63) is 12.2 Å². The molecule has 2 aliphatic rings. The molecule has 5 unspecified atom stereocenters. The number of fused-ring (bicyclic) bond motifs is 2. The molecule has 18 heavy (non-hydrogen) atoms. The van der Waals surface area contributed by atoms with Crippen LogP contribution in [0.15, 0.2) is 12.2 Å². The van der Waals surface area contributed by atoms with Crippen molar-refractivity contribution in [2.24, 2.45) is 23.7 Å². The van der Waals surface area contributed by atoms with Gasteiger partial charge in [0.15, 0.2) is 0 Å². The first-order chi connectivity index (χ1) is 8.45. The largest absolute Gasteiger partial charge is 0.469 e. The summed E-state index contributed by atoms with van der Waals surface area (Å²) >= 11 is 0. The fraction of sp³-hybridized carbons (Fsp3) is 0.714. The molecular formula is C14H20O4. The number of carbonyl (C=O) groups excluding carboxylic acids is 2. The number of hydrogen-bond donors (Lipinski definition) is 0. The van der Waals surface area contributed by atoms with E-state index in [4.69, 9.17) is 9.47 Å². The fourth-order valence-corrected chi connectivity index (χ4v) is 3.46. The van der Waals surface area contributed by atoms with Gasteiger partial charge in [0.05, 0.1) is 13.0 Å². The predicted octanol–water partition coefficient (Wildman–Crippen LogP) is 1.94. The van der Waals surface area contributed by atoms with Gasteiger partial charge in [-0.1, -0.05) is 13.5 Å². The van der Waals surface area contributed by atoms with Crippen molar-refractivity contribution < 1.29 is 19.1 Å². The number of esters is 2. The van der Waals surface area contributed by atoms with Crippen molar-refractivity contribution in [3.8, 4) is 0 Å². The zero-order valence-corrected chi connectivity index (χ0v) is 11.1. The molecule has 2 saturated carbocycles. The van der Waals surface area contributed by atoms with Gasteiger partial charge >= 0.3 is 11.9 Å². The Morgan fingerprint density at radius 3 is 2.44 bits per heavy atom. The molecule has 2 fully saturated rings. The van der Waals surface area contributed by atoms with Crippen LogP contribution in [-0.4, -0.2) is 25.2 Å². The van der Waals surface area contributed by atoms with Crippen LogP contribution in [0.3, 0.4) is 0 Å². The number of methoxy groups -OCH3 is 1. The van der Waals surface area contributed by atoms with E-state index in [9.17, 15) is 9.59 Å². The van der Waals surface area contributed by atoms with Gasteiger partial charge in [-0.2, -0.15) is 0 Å². The third-order valence-corrected chi connectivity index (χ3v) is 4.44. The lowest BCUT2D eigenvalue weighted by atomic mass is 9.79. The first kappa shape index (κ1) is 13.1. The third kappa shape index (κ3) is 2.04. The lowest BCUT2D eigenvalue weighted by Gasteiger charge is -2.31.